The number of rotatable bonds is 8. The zero-order valence-corrected chi connectivity index (χ0v) is 20.3. The monoisotopic (exact) mass is 484 g/mol. The number of amides is 1. The highest BCUT2D eigenvalue weighted by Crippen LogP contribution is 2.22. The third kappa shape index (κ3) is 6.26. The Bertz CT molecular complexity index is 1220. The number of piperazine rings is 1. The number of carbonyl (C=O) groups is 1. The van der Waals surface area contributed by atoms with E-state index in [4.69, 9.17) is 4.74 Å². The molecule has 1 aromatic heterocycles. The quantitative estimate of drug-likeness (QED) is 0.368. The third-order valence-electron chi connectivity index (χ3n) is 6.08. The van der Waals surface area contributed by atoms with Gasteiger partial charge in [-0.1, -0.05) is 36.4 Å². The van der Waals surface area contributed by atoms with Gasteiger partial charge in [0, 0.05) is 55.0 Å². The molecule has 178 valence electrons. The van der Waals surface area contributed by atoms with E-state index in [-0.39, 0.29) is 5.91 Å². The van der Waals surface area contributed by atoms with Gasteiger partial charge < -0.3 is 15.0 Å². The fourth-order valence-electron chi connectivity index (χ4n) is 4.16. The van der Waals surface area contributed by atoms with Crippen LogP contribution >= 0.6 is 11.3 Å². The predicted octanol–water partition coefficient (Wildman–Crippen LogP) is 5.30. The molecule has 7 heteroatoms. The number of thiazole rings is 1. The molecule has 0 bridgehead atoms. The highest BCUT2D eigenvalue weighted by molar-refractivity contribution is 7.07. The van der Waals surface area contributed by atoms with E-state index in [0.29, 0.717) is 17.9 Å². The van der Waals surface area contributed by atoms with E-state index in [0.717, 1.165) is 44.1 Å². The summed E-state index contributed by atoms with van der Waals surface area (Å²) in [6, 6.07) is 25.9. The van der Waals surface area contributed by atoms with Crippen LogP contribution in [0.3, 0.4) is 0 Å². The normalized spacial score (nSPS) is 14.0. The van der Waals surface area contributed by atoms with E-state index in [9.17, 15) is 4.79 Å². The van der Waals surface area contributed by atoms with E-state index >= 15 is 0 Å². The van der Waals surface area contributed by atoms with Crippen molar-refractivity contribution in [3.8, 4) is 5.75 Å². The van der Waals surface area contributed by atoms with Crippen molar-refractivity contribution in [1.82, 2.24) is 9.88 Å². The molecule has 0 radical (unpaired) electrons. The summed E-state index contributed by atoms with van der Waals surface area (Å²) in [5.74, 6) is 0.485. The Morgan fingerprint density at radius 3 is 2.49 bits per heavy atom. The van der Waals surface area contributed by atoms with Crippen molar-refractivity contribution >= 4 is 28.6 Å². The molecule has 1 aliphatic heterocycles. The maximum atomic E-state index is 12.8. The molecule has 1 amide bonds. The van der Waals surface area contributed by atoms with Crippen molar-refractivity contribution in [2.75, 3.05) is 36.4 Å². The van der Waals surface area contributed by atoms with Gasteiger partial charge in [-0.15, -0.1) is 11.3 Å². The van der Waals surface area contributed by atoms with Crippen LogP contribution in [-0.2, 0) is 13.2 Å². The van der Waals surface area contributed by atoms with Crippen LogP contribution in [0.1, 0.15) is 21.6 Å². The summed E-state index contributed by atoms with van der Waals surface area (Å²) in [5.41, 5.74) is 6.52. The zero-order chi connectivity index (χ0) is 23.9. The summed E-state index contributed by atoms with van der Waals surface area (Å²) >= 11 is 1.53. The predicted molar refractivity (Wildman–Crippen MR) is 141 cm³/mol. The minimum absolute atomic E-state index is 0.161. The standard InChI is InChI=1S/C28H28N4O2S/c33-28(23-7-4-8-27(17-23)34-19-25-20-35-21-29-25)30-24-9-11-26(12-10-24)32-15-13-31(14-16-32)18-22-5-2-1-3-6-22/h1-12,17,20-21H,13-16,18-19H2,(H,30,33). The van der Waals surface area contributed by atoms with E-state index in [2.05, 4.69) is 62.6 Å². The topological polar surface area (TPSA) is 57.7 Å². The number of nitrogens with zero attached hydrogens (tertiary/aromatic N) is 3. The van der Waals surface area contributed by atoms with Crippen molar-refractivity contribution < 1.29 is 9.53 Å². The summed E-state index contributed by atoms with van der Waals surface area (Å²) in [4.78, 5) is 21.9. The molecule has 0 aliphatic carbocycles. The molecule has 0 spiro atoms. The van der Waals surface area contributed by atoms with E-state index in [1.807, 2.05) is 29.6 Å². The van der Waals surface area contributed by atoms with Crippen LogP contribution in [0.4, 0.5) is 11.4 Å². The first-order valence-electron chi connectivity index (χ1n) is 11.8. The minimum atomic E-state index is -0.161. The van der Waals surface area contributed by atoms with Gasteiger partial charge in [-0.2, -0.15) is 0 Å². The van der Waals surface area contributed by atoms with Crippen LogP contribution in [-0.4, -0.2) is 42.0 Å². The second kappa shape index (κ2) is 11.2. The number of ether oxygens (including phenoxy) is 1. The summed E-state index contributed by atoms with van der Waals surface area (Å²) in [7, 11) is 0. The van der Waals surface area contributed by atoms with E-state index in [1.165, 1.54) is 22.6 Å². The second-order valence-electron chi connectivity index (χ2n) is 8.55. The fraction of sp³-hybridized carbons (Fsp3) is 0.214. The Kier molecular flexibility index (Phi) is 7.36. The first-order chi connectivity index (χ1) is 17.2. The smallest absolute Gasteiger partial charge is 0.255 e. The van der Waals surface area contributed by atoms with Crippen LogP contribution < -0.4 is 15.0 Å². The molecule has 6 nitrogen and oxygen atoms in total. The van der Waals surface area contributed by atoms with Crippen molar-refractivity contribution in [1.29, 1.82) is 0 Å². The number of hydrogen-bond donors (Lipinski definition) is 1. The fourth-order valence-corrected chi connectivity index (χ4v) is 4.70. The second-order valence-corrected chi connectivity index (χ2v) is 9.26. The highest BCUT2D eigenvalue weighted by Gasteiger charge is 2.17. The van der Waals surface area contributed by atoms with Gasteiger partial charge in [0.2, 0.25) is 0 Å². The lowest BCUT2D eigenvalue weighted by atomic mass is 10.1. The van der Waals surface area contributed by atoms with Crippen molar-refractivity contribution in [2.45, 2.75) is 13.2 Å². The van der Waals surface area contributed by atoms with Gasteiger partial charge in [-0.25, -0.2) is 4.98 Å². The SMILES string of the molecule is O=C(Nc1ccc(N2CCN(Cc3ccccc3)CC2)cc1)c1cccc(OCc2cscn2)c1. The lowest BCUT2D eigenvalue weighted by Crippen LogP contribution is -2.45. The van der Waals surface area contributed by atoms with E-state index < -0.39 is 0 Å². The molecule has 1 aliphatic rings. The molecule has 0 unspecified atom stereocenters. The molecule has 5 rings (SSSR count). The zero-order valence-electron chi connectivity index (χ0n) is 19.5. The summed E-state index contributed by atoms with van der Waals surface area (Å²) in [6.45, 7) is 5.44. The average molecular weight is 485 g/mol. The first-order valence-corrected chi connectivity index (χ1v) is 12.7. The number of hydrogen-bond acceptors (Lipinski definition) is 6. The van der Waals surface area contributed by atoms with Gasteiger partial charge in [0.1, 0.15) is 12.4 Å². The average Bonchev–Trinajstić information content (AvgIpc) is 3.43. The van der Waals surface area contributed by atoms with Gasteiger partial charge in [0.05, 0.1) is 11.2 Å². The third-order valence-corrected chi connectivity index (χ3v) is 6.71. The first kappa shape index (κ1) is 23.1. The Balaban J connectivity index is 1.13. The maximum Gasteiger partial charge on any atom is 0.255 e. The summed E-state index contributed by atoms with van der Waals surface area (Å²) in [5, 5.41) is 4.94. The molecule has 3 aromatic carbocycles. The molecule has 35 heavy (non-hydrogen) atoms. The van der Waals surface area contributed by atoms with Gasteiger partial charge >= 0.3 is 0 Å². The lowest BCUT2D eigenvalue weighted by molar-refractivity contribution is 0.102. The Morgan fingerprint density at radius 2 is 1.74 bits per heavy atom. The molecule has 2 heterocycles. The Labute approximate surface area is 209 Å². The molecule has 4 aromatic rings. The lowest BCUT2D eigenvalue weighted by Gasteiger charge is -2.36. The molecular formula is C28H28N4O2S. The van der Waals surface area contributed by atoms with Gasteiger partial charge in [0.25, 0.3) is 5.91 Å². The molecule has 0 atom stereocenters. The minimum Gasteiger partial charge on any atom is -0.487 e. The molecule has 1 fully saturated rings. The largest absolute Gasteiger partial charge is 0.487 e. The maximum absolute atomic E-state index is 12.8. The molecule has 0 saturated carbocycles. The number of anilines is 2. The van der Waals surface area contributed by atoms with Crippen LogP contribution in [0.5, 0.6) is 5.75 Å². The highest BCUT2D eigenvalue weighted by atomic mass is 32.1. The van der Waals surface area contributed by atoms with Crippen LogP contribution in [0.15, 0.2) is 89.8 Å². The van der Waals surface area contributed by atoms with E-state index in [1.54, 1.807) is 17.6 Å². The number of nitrogens with one attached hydrogen (secondary N) is 1. The van der Waals surface area contributed by atoms with Gasteiger partial charge in [-0.05, 0) is 48.0 Å². The Hall–Kier alpha value is -3.68. The van der Waals surface area contributed by atoms with Crippen LogP contribution in [0.2, 0.25) is 0 Å². The summed E-state index contributed by atoms with van der Waals surface area (Å²) < 4.78 is 5.77. The van der Waals surface area contributed by atoms with Gasteiger partial charge in [-0.3, -0.25) is 9.69 Å². The van der Waals surface area contributed by atoms with Gasteiger partial charge in [0.15, 0.2) is 0 Å². The number of benzene rings is 3. The van der Waals surface area contributed by atoms with Crippen molar-refractivity contribution in [3.63, 3.8) is 0 Å². The van der Waals surface area contributed by atoms with Crippen LogP contribution in [0.25, 0.3) is 0 Å². The number of carbonyl (C=O) groups excluding carboxylic acids is 1. The summed E-state index contributed by atoms with van der Waals surface area (Å²) in [6.07, 6.45) is 0. The molecular weight excluding hydrogens is 456 g/mol. The molecule has 1 N–H and O–H groups in total. The molecule has 1 saturated heterocycles. The number of aromatic nitrogens is 1. The van der Waals surface area contributed by atoms with Crippen molar-refractivity contribution in [2.24, 2.45) is 0 Å². The Morgan fingerprint density at radius 1 is 0.943 bits per heavy atom. The van der Waals surface area contributed by atoms with Crippen LogP contribution in [0, 0.1) is 0 Å². The van der Waals surface area contributed by atoms with Crippen molar-refractivity contribution in [3.05, 3.63) is 107 Å².